The maximum Gasteiger partial charge on any atom is 0.336 e. The molecule has 15 nitrogen and oxygen atoms in total. The van der Waals surface area contributed by atoms with Gasteiger partial charge in [0.15, 0.2) is 0 Å². The Morgan fingerprint density at radius 2 is 0.800 bits per heavy atom. The molecule has 0 amide bonds. The highest BCUT2D eigenvalue weighted by Gasteiger charge is 2.32. The van der Waals surface area contributed by atoms with Crippen LogP contribution in [0.15, 0.2) is 94.7 Å². The van der Waals surface area contributed by atoms with Gasteiger partial charge in [0.1, 0.15) is 32.8 Å². The molecule has 0 spiro atoms. The average molecular weight is 659 g/mol. The number of carboxylic acid groups (broad SMARTS) is 4. The fraction of sp³-hybridized carbons (Fsp3) is 0. The second-order valence-corrected chi connectivity index (χ2v) is 11.9. The molecule has 45 heavy (non-hydrogen) atoms. The van der Waals surface area contributed by atoms with E-state index in [9.17, 15) is 56.4 Å². The second-order valence-electron chi connectivity index (χ2n) is 8.71. The number of benzene rings is 4. The van der Waals surface area contributed by atoms with Gasteiger partial charge in [0.2, 0.25) is 0 Å². The largest absolute Gasteiger partial charge is 0.478 e. The van der Waals surface area contributed by atoms with E-state index >= 15 is 0 Å². The summed E-state index contributed by atoms with van der Waals surface area (Å²) in [6.07, 6.45) is 0. The summed E-state index contributed by atoms with van der Waals surface area (Å²) >= 11 is 0. The number of aromatic carboxylic acids is 4. The maximum atomic E-state index is 13.2. The quantitative estimate of drug-likeness (QED) is 0.167. The summed E-state index contributed by atoms with van der Waals surface area (Å²) in [5.74, 6) is -7.88. The molecule has 0 saturated carbocycles. The van der Waals surface area contributed by atoms with Crippen LogP contribution in [-0.4, -0.2) is 61.1 Å². The Hall–Kier alpha value is -5.78. The van der Waals surface area contributed by atoms with Gasteiger partial charge in [-0.15, -0.1) is 3.63 Å². The van der Waals surface area contributed by atoms with Gasteiger partial charge in [0.25, 0.3) is 0 Å². The van der Waals surface area contributed by atoms with Crippen molar-refractivity contribution < 1.29 is 69.5 Å². The number of hydrogen-bond donors (Lipinski definition) is 4. The van der Waals surface area contributed by atoms with Crippen LogP contribution in [0.3, 0.4) is 0 Å². The van der Waals surface area contributed by atoms with Gasteiger partial charge < -0.3 is 29.9 Å². The fourth-order valence-electron chi connectivity index (χ4n) is 3.83. The minimum Gasteiger partial charge on any atom is -0.478 e. The number of rotatable bonds is 12. The van der Waals surface area contributed by atoms with Crippen LogP contribution in [0.25, 0.3) is 0 Å². The van der Waals surface area contributed by atoms with E-state index in [-0.39, 0.29) is 11.5 Å². The summed E-state index contributed by atoms with van der Waals surface area (Å²) in [7, 11) is -10.4. The zero-order chi connectivity index (χ0) is 33.1. The van der Waals surface area contributed by atoms with E-state index < -0.39 is 87.7 Å². The smallest absolute Gasteiger partial charge is 0.336 e. The zero-order valence-electron chi connectivity index (χ0n) is 22.2. The van der Waals surface area contributed by atoms with Crippen LogP contribution >= 0.6 is 0 Å². The molecule has 4 N–H and O–H groups in total. The Balaban J connectivity index is 1.67. The molecule has 17 heteroatoms. The molecule has 0 radical (unpaired) electrons. The van der Waals surface area contributed by atoms with Crippen molar-refractivity contribution in [3.63, 3.8) is 0 Å². The van der Waals surface area contributed by atoms with Gasteiger partial charge >= 0.3 is 44.1 Å². The van der Waals surface area contributed by atoms with E-state index in [0.29, 0.717) is 0 Å². The summed E-state index contributed by atoms with van der Waals surface area (Å²) in [5, 5.41) is 37.1. The Morgan fingerprint density at radius 3 is 1.13 bits per heavy atom. The minimum absolute atomic E-state index is 0.295. The van der Waals surface area contributed by atoms with E-state index in [1.165, 1.54) is 24.3 Å². The first kappa shape index (κ1) is 32.1. The lowest BCUT2D eigenvalue weighted by atomic mass is 10.1. The first-order valence-corrected chi connectivity index (χ1v) is 14.9. The summed E-state index contributed by atoms with van der Waals surface area (Å²) in [4.78, 5) is 44.1. The van der Waals surface area contributed by atoms with Crippen molar-refractivity contribution in [1.29, 1.82) is 0 Å². The third-order valence-corrected chi connectivity index (χ3v) is 8.96. The Morgan fingerprint density at radius 1 is 0.467 bits per heavy atom. The number of hydrogen-bond acceptors (Lipinski definition) is 11. The molecule has 0 aliphatic heterocycles. The topological polar surface area (TPSA) is 245 Å². The van der Waals surface area contributed by atoms with Gasteiger partial charge in [-0.25, -0.2) is 19.2 Å². The molecule has 0 heterocycles. The monoisotopic (exact) mass is 658 g/mol. The lowest BCUT2D eigenvalue weighted by Gasteiger charge is -2.14. The highest BCUT2D eigenvalue weighted by molar-refractivity contribution is 8.00. The van der Waals surface area contributed by atoms with Crippen molar-refractivity contribution in [2.24, 2.45) is 0 Å². The van der Waals surface area contributed by atoms with Crippen LogP contribution < -0.4 is 9.47 Å². The number of para-hydroxylation sites is 2. The molecule has 0 aliphatic carbocycles. The van der Waals surface area contributed by atoms with Crippen molar-refractivity contribution in [2.45, 2.75) is 9.79 Å². The van der Waals surface area contributed by atoms with Crippen LogP contribution in [0.5, 0.6) is 23.0 Å². The predicted molar refractivity (Wildman–Crippen MR) is 149 cm³/mol. The molecular formula is C28H18O15S2. The normalized spacial score (nSPS) is 11.4. The van der Waals surface area contributed by atoms with Crippen LogP contribution in [0.2, 0.25) is 0 Å². The van der Waals surface area contributed by atoms with Gasteiger partial charge in [-0.3, -0.25) is 0 Å². The standard InChI is InChI=1S/C28H18O15S2/c29-25(30)17-11-9-15(13-19(17)27(33)34)41-21-5-1-3-7-23(21)44(37,38)43-45(39,40)24-8-4-2-6-22(24)42-16-10-12-18(26(31)32)20(14-16)28(35)36/h1-14H,(H,29,30)(H,31,32)(H,33,34)(H,35,36). The minimum atomic E-state index is -5.21. The number of ether oxygens (including phenoxy) is 2. The van der Waals surface area contributed by atoms with Gasteiger partial charge in [0.05, 0.1) is 22.3 Å². The van der Waals surface area contributed by atoms with Crippen molar-refractivity contribution >= 4 is 44.1 Å². The van der Waals surface area contributed by atoms with Crippen molar-refractivity contribution in [2.75, 3.05) is 0 Å². The van der Waals surface area contributed by atoms with Gasteiger partial charge in [-0.2, -0.15) is 16.8 Å². The van der Waals surface area contributed by atoms with Crippen LogP contribution in [0.1, 0.15) is 41.4 Å². The molecule has 0 saturated heterocycles. The SMILES string of the molecule is O=C(O)c1ccc(Oc2ccccc2S(=O)(=O)OS(=O)(=O)c2ccccc2Oc2ccc(C(=O)O)c(C(=O)O)c2)cc1C(=O)O. The van der Waals surface area contributed by atoms with Gasteiger partial charge in [-0.1, -0.05) is 24.3 Å². The molecule has 4 aromatic carbocycles. The Bertz CT molecular complexity index is 1940. The molecule has 4 rings (SSSR count). The third-order valence-electron chi connectivity index (χ3n) is 5.78. The average Bonchev–Trinajstić information content (AvgIpc) is 2.96. The highest BCUT2D eigenvalue weighted by Crippen LogP contribution is 2.35. The molecule has 232 valence electrons. The molecule has 0 aromatic heterocycles. The molecule has 0 aliphatic rings. The first-order chi connectivity index (χ1) is 21.1. The Labute approximate surface area is 253 Å². The Kier molecular flexibility index (Phi) is 8.89. The van der Waals surface area contributed by atoms with Crippen molar-refractivity contribution in [3.8, 4) is 23.0 Å². The summed E-state index contributed by atoms with van der Waals surface area (Å²) in [5.41, 5.74) is -2.46. The molecule has 0 fully saturated rings. The van der Waals surface area contributed by atoms with Gasteiger partial charge in [0, 0.05) is 0 Å². The lowest BCUT2D eigenvalue weighted by molar-refractivity contribution is 0.0651. The molecule has 0 atom stereocenters. The van der Waals surface area contributed by atoms with E-state index in [1.54, 1.807) is 0 Å². The molecule has 0 unspecified atom stereocenters. The van der Waals surface area contributed by atoms with E-state index in [2.05, 4.69) is 3.63 Å². The first-order valence-electron chi connectivity index (χ1n) is 12.1. The number of carbonyl (C=O) groups is 4. The second kappa shape index (κ2) is 12.4. The zero-order valence-corrected chi connectivity index (χ0v) is 23.8. The lowest BCUT2D eigenvalue weighted by Crippen LogP contribution is -2.15. The highest BCUT2D eigenvalue weighted by atomic mass is 32.3. The predicted octanol–water partition coefficient (Wildman–Crippen LogP) is 4.16. The summed E-state index contributed by atoms with van der Waals surface area (Å²) < 4.78 is 68.5. The maximum absolute atomic E-state index is 13.2. The summed E-state index contributed by atoms with van der Waals surface area (Å²) in [6.45, 7) is 0. The molecule has 0 bridgehead atoms. The third kappa shape index (κ3) is 7.07. The van der Waals surface area contributed by atoms with E-state index in [0.717, 1.165) is 60.7 Å². The molecular weight excluding hydrogens is 640 g/mol. The number of carboxylic acids is 4. The van der Waals surface area contributed by atoms with Gasteiger partial charge in [-0.05, 0) is 60.7 Å². The van der Waals surface area contributed by atoms with E-state index in [1.807, 2.05) is 0 Å². The molecule has 4 aromatic rings. The van der Waals surface area contributed by atoms with Crippen molar-refractivity contribution in [1.82, 2.24) is 0 Å². The fourth-order valence-corrected chi connectivity index (χ4v) is 6.56. The van der Waals surface area contributed by atoms with Crippen LogP contribution in [0, 0.1) is 0 Å². The van der Waals surface area contributed by atoms with E-state index in [4.69, 9.17) is 9.47 Å². The van der Waals surface area contributed by atoms with Crippen molar-refractivity contribution in [3.05, 3.63) is 107 Å². The summed E-state index contributed by atoms with van der Waals surface area (Å²) in [6, 6.07) is 14.8. The van der Waals surface area contributed by atoms with Crippen LogP contribution in [-0.2, 0) is 23.9 Å². The van der Waals surface area contributed by atoms with Crippen LogP contribution in [0.4, 0.5) is 0 Å².